The van der Waals surface area contributed by atoms with E-state index in [4.69, 9.17) is 14.8 Å². The van der Waals surface area contributed by atoms with Gasteiger partial charge in [0, 0.05) is 25.6 Å². The van der Waals surface area contributed by atoms with Crippen molar-refractivity contribution in [3.8, 4) is 0 Å². The van der Waals surface area contributed by atoms with Gasteiger partial charge < -0.3 is 15.9 Å². The predicted molar refractivity (Wildman–Crippen MR) is 74.8 cm³/mol. The summed E-state index contributed by atoms with van der Waals surface area (Å²) < 4.78 is 51.7. The van der Waals surface area contributed by atoms with Crippen molar-refractivity contribution in [2.24, 2.45) is 16.8 Å². The minimum atomic E-state index is -3.67. The van der Waals surface area contributed by atoms with Crippen LogP contribution in [0.5, 0.6) is 0 Å². The Morgan fingerprint density at radius 3 is 2.00 bits per heavy atom. The van der Waals surface area contributed by atoms with Crippen molar-refractivity contribution in [2.45, 2.75) is 0 Å². The smallest absolute Gasteiger partial charge is 0.261 e. The molecule has 0 spiro atoms. The van der Waals surface area contributed by atoms with Gasteiger partial charge in [-0.25, -0.2) is 0 Å². The lowest BCUT2D eigenvalue weighted by Crippen LogP contribution is -2.22. The molecule has 1 aliphatic rings. The van der Waals surface area contributed by atoms with E-state index in [1.54, 1.807) is 7.11 Å². The maximum atomic E-state index is 9.19. The Morgan fingerprint density at radius 1 is 1.30 bits per heavy atom. The molecular formula is C8H21N3O7S2. The van der Waals surface area contributed by atoms with Crippen LogP contribution in [0.4, 0.5) is 0 Å². The zero-order chi connectivity index (χ0) is 16.4. The molecule has 0 bridgehead atoms. The van der Waals surface area contributed by atoms with E-state index < -0.39 is 20.2 Å². The van der Waals surface area contributed by atoms with Crippen molar-refractivity contribution >= 4 is 25.9 Å². The van der Waals surface area contributed by atoms with E-state index in [1.165, 1.54) is 0 Å². The van der Waals surface area contributed by atoms with Crippen molar-refractivity contribution < 1.29 is 30.8 Å². The maximum Gasteiger partial charge on any atom is 0.261 e. The van der Waals surface area contributed by atoms with Crippen molar-refractivity contribution in [1.29, 1.82) is 0 Å². The van der Waals surface area contributed by atoms with Gasteiger partial charge in [-0.3, -0.25) is 9.11 Å². The molecule has 1 unspecified atom stereocenters. The van der Waals surface area contributed by atoms with Crippen LogP contribution < -0.4 is 11.1 Å². The molecule has 12 heteroatoms. The zero-order valence-electron chi connectivity index (χ0n) is 11.5. The summed E-state index contributed by atoms with van der Waals surface area (Å²) >= 11 is 0. The van der Waals surface area contributed by atoms with E-state index in [1.807, 2.05) is 0 Å². The van der Waals surface area contributed by atoms with E-state index in [2.05, 4.69) is 15.3 Å². The minimum Gasteiger partial charge on any atom is -0.399 e. The topological polar surface area (TPSA) is 168 Å². The van der Waals surface area contributed by atoms with Gasteiger partial charge in [-0.15, -0.1) is 0 Å². The van der Waals surface area contributed by atoms with Crippen LogP contribution in [0, 0.1) is 5.92 Å². The van der Waals surface area contributed by atoms with Gasteiger partial charge in [0.15, 0.2) is 0 Å². The first-order chi connectivity index (χ1) is 8.88. The van der Waals surface area contributed by atoms with Crippen molar-refractivity contribution in [1.82, 2.24) is 5.32 Å². The van der Waals surface area contributed by atoms with Gasteiger partial charge in [0.05, 0.1) is 18.2 Å². The third-order valence-electron chi connectivity index (χ3n) is 1.66. The molecule has 0 saturated carbocycles. The Labute approximate surface area is 118 Å². The Morgan fingerprint density at radius 2 is 1.70 bits per heavy atom. The molecule has 1 heterocycles. The van der Waals surface area contributed by atoms with Gasteiger partial charge >= 0.3 is 0 Å². The standard InChI is InChI=1S/C6H13N3O.2CH4O3S/c1-10-9-6-4-8-3-5(6)2-7;2*1-5(2,3)4/h5,8H,2-4,7H2,1H3;2*1H3,(H,2,3,4)/b9-6-;;. The summed E-state index contributed by atoms with van der Waals surface area (Å²) in [4.78, 5) is 4.65. The predicted octanol–water partition coefficient (Wildman–Crippen LogP) is -1.83. The summed E-state index contributed by atoms with van der Waals surface area (Å²) in [5, 5.41) is 7.02. The van der Waals surface area contributed by atoms with Gasteiger partial charge in [-0.2, -0.15) is 16.8 Å². The van der Waals surface area contributed by atoms with Crippen LogP contribution in [0.3, 0.4) is 0 Å². The highest BCUT2D eigenvalue weighted by Crippen LogP contribution is 2.02. The molecule has 0 radical (unpaired) electrons. The van der Waals surface area contributed by atoms with E-state index in [0.29, 0.717) is 25.0 Å². The minimum absolute atomic E-state index is 0.375. The number of rotatable bonds is 2. The van der Waals surface area contributed by atoms with Crippen LogP contribution in [-0.2, 0) is 25.1 Å². The first-order valence-corrected chi connectivity index (χ1v) is 8.93. The number of hydrogen-bond acceptors (Lipinski definition) is 8. The molecule has 10 nitrogen and oxygen atoms in total. The average Bonchev–Trinajstić information content (AvgIpc) is 2.60. The first-order valence-electron chi connectivity index (χ1n) is 5.24. The van der Waals surface area contributed by atoms with E-state index in [0.717, 1.165) is 18.8 Å². The molecular weight excluding hydrogens is 314 g/mol. The quantitative estimate of drug-likeness (QED) is 0.335. The Hall–Kier alpha value is -0.790. The second-order valence-electron chi connectivity index (χ2n) is 3.79. The normalized spacial score (nSPS) is 20.5. The fraction of sp³-hybridized carbons (Fsp3) is 0.875. The Balaban J connectivity index is 0. The van der Waals surface area contributed by atoms with Gasteiger partial charge in [-0.05, 0) is 0 Å². The molecule has 5 N–H and O–H groups in total. The molecule has 0 aromatic carbocycles. The van der Waals surface area contributed by atoms with Crippen LogP contribution in [0.15, 0.2) is 5.16 Å². The lowest BCUT2D eigenvalue weighted by Gasteiger charge is -2.03. The number of oxime groups is 1. The first kappa shape index (κ1) is 21.5. The van der Waals surface area contributed by atoms with Gasteiger partial charge in [0.25, 0.3) is 20.2 Å². The lowest BCUT2D eigenvalue weighted by atomic mass is 10.1. The molecule has 1 atom stereocenters. The second-order valence-corrected chi connectivity index (χ2v) is 6.73. The lowest BCUT2D eigenvalue weighted by molar-refractivity contribution is 0.211. The molecule has 0 aliphatic carbocycles. The molecule has 20 heavy (non-hydrogen) atoms. The van der Waals surface area contributed by atoms with Crippen molar-refractivity contribution in [3.63, 3.8) is 0 Å². The molecule has 0 amide bonds. The SMILES string of the molecule is CO/N=C1/CNCC1CN.CS(=O)(=O)O.CS(=O)(=O)O. The zero-order valence-corrected chi connectivity index (χ0v) is 13.1. The fourth-order valence-electron chi connectivity index (χ4n) is 1.08. The van der Waals surface area contributed by atoms with E-state index >= 15 is 0 Å². The molecule has 1 fully saturated rings. The van der Waals surface area contributed by atoms with Crippen LogP contribution in [0.25, 0.3) is 0 Å². The van der Waals surface area contributed by atoms with Crippen molar-refractivity contribution in [2.75, 3.05) is 39.3 Å². The molecule has 1 saturated heterocycles. The van der Waals surface area contributed by atoms with Crippen LogP contribution in [0.1, 0.15) is 0 Å². The molecule has 1 aliphatic heterocycles. The Kier molecular flexibility index (Phi) is 10.8. The Bertz CT molecular complexity index is 440. The second kappa shape index (κ2) is 10.0. The molecule has 1 rings (SSSR count). The highest BCUT2D eigenvalue weighted by atomic mass is 32.2. The summed E-state index contributed by atoms with van der Waals surface area (Å²) in [6.07, 6.45) is 1.43. The summed E-state index contributed by atoms with van der Waals surface area (Å²) in [7, 11) is -5.78. The largest absolute Gasteiger partial charge is 0.399 e. The summed E-state index contributed by atoms with van der Waals surface area (Å²) in [6, 6.07) is 0. The van der Waals surface area contributed by atoms with Crippen LogP contribution in [0.2, 0.25) is 0 Å². The maximum absolute atomic E-state index is 9.19. The third kappa shape index (κ3) is 22.4. The summed E-state index contributed by atoms with van der Waals surface area (Å²) in [5.74, 6) is 0.375. The highest BCUT2D eigenvalue weighted by molar-refractivity contribution is 7.85. The van der Waals surface area contributed by atoms with Crippen LogP contribution in [-0.4, -0.2) is 70.9 Å². The van der Waals surface area contributed by atoms with Crippen LogP contribution >= 0.6 is 0 Å². The monoisotopic (exact) mass is 335 g/mol. The fourth-order valence-corrected chi connectivity index (χ4v) is 1.08. The number of nitrogens with two attached hydrogens (primary N) is 1. The number of hydrogen-bond donors (Lipinski definition) is 4. The van der Waals surface area contributed by atoms with Gasteiger partial charge in [-0.1, -0.05) is 5.16 Å². The van der Waals surface area contributed by atoms with Gasteiger partial charge in [0.1, 0.15) is 7.11 Å². The molecule has 0 aromatic heterocycles. The summed E-state index contributed by atoms with van der Waals surface area (Å²) in [6.45, 7) is 2.39. The van der Waals surface area contributed by atoms with Crippen molar-refractivity contribution in [3.05, 3.63) is 0 Å². The van der Waals surface area contributed by atoms with Gasteiger partial charge in [0.2, 0.25) is 0 Å². The number of nitrogens with one attached hydrogen (secondary N) is 1. The molecule has 122 valence electrons. The van der Waals surface area contributed by atoms with E-state index in [-0.39, 0.29) is 0 Å². The van der Waals surface area contributed by atoms with E-state index in [9.17, 15) is 16.8 Å². The summed E-state index contributed by atoms with van der Waals surface area (Å²) in [5.41, 5.74) is 6.51. The highest BCUT2D eigenvalue weighted by Gasteiger charge is 2.20. The average molecular weight is 335 g/mol. The number of nitrogens with zero attached hydrogens (tertiary/aromatic N) is 1. The molecule has 0 aromatic rings. The third-order valence-corrected chi connectivity index (χ3v) is 1.66.